The van der Waals surface area contributed by atoms with Crippen LogP contribution in [-0.4, -0.2) is 51.7 Å². The van der Waals surface area contributed by atoms with Gasteiger partial charge >= 0.3 is 0 Å². The summed E-state index contributed by atoms with van der Waals surface area (Å²) < 4.78 is 14.3. The first-order chi connectivity index (χ1) is 17.1. The number of thiol groups is 1. The van der Waals surface area contributed by atoms with Crippen LogP contribution in [0.4, 0.5) is 21.6 Å². The summed E-state index contributed by atoms with van der Waals surface area (Å²) in [7, 11) is 0. The van der Waals surface area contributed by atoms with Gasteiger partial charge in [-0.25, -0.2) is 9.37 Å². The monoisotopic (exact) mass is 531 g/mol. The number of pyridine rings is 1. The minimum Gasteiger partial charge on any atom is -0.353 e. The summed E-state index contributed by atoms with van der Waals surface area (Å²) in [6, 6.07) is 9.32. The van der Waals surface area contributed by atoms with Crippen LogP contribution in [0.2, 0.25) is 5.02 Å². The van der Waals surface area contributed by atoms with Crippen LogP contribution in [0.5, 0.6) is 0 Å². The lowest BCUT2D eigenvalue weighted by Crippen LogP contribution is -2.39. The first kappa shape index (κ1) is 27.8. The Labute approximate surface area is 221 Å². The van der Waals surface area contributed by atoms with E-state index in [1.54, 1.807) is 24.4 Å². The standard InChI is InChI=1S/C25H31ClFN7OS/c1-15(2)13-34(14-16(3)28)9-7-24(35)31-23-11-18(6-8-29-23)30-22-12-21(32-33-25(22)36)19-10-17(26)4-5-20(19)27/h4-6,8,10-12,15-16H,7,9,13-14,28H2,1-3H3,(H,33,36)(H2,29,30,31,32,35). The molecule has 0 bridgehead atoms. The van der Waals surface area contributed by atoms with Crippen LogP contribution in [-0.2, 0) is 4.79 Å². The molecule has 3 rings (SSSR count). The van der Waals surface area contributed by atoms with Crippen LogP contribution >= 0.6 is 24.2 Å². The van der Waals surface area contributed by atoms with Crippen molar-refractivity contribution in [2.45, 2.75) is 38.3 Å². The molecule has 1 amide bonds. The van der Waals surface area contributed by atoms with Crippen LogP contribution in [0.1, 0.15) is 27.2 Å². The molecule has 2 aromatic heterocycles. The number of amides is 1. The van der Waals surface area contributed by atoms with E-state index in [1.165, 1.54) is 18.2 Å². The lowest BCUT2D eigenvalue weighted by molar-refractivity contribution is -0.116. The minimum atomic E-state index is -0.464. The number of benzene rings is 1. The Balaban J connectivity index is 1.68. The summed E-state index contributed by atoms with van der Waals surface area (Å²) in [5.74, 6) is 0.272. The highest BCUT2D eigenvalue weighted by molar-refractivity contribution is 7.80. The van der Waals surface area contributed by atoms with Gasteiger partial charge in [0.1, 0.15) is 16.7 Å². The average Bonchev–Trinajstić information content (AvgIpc) is 2.80. The molecule has 0 saturated carbocycles. The molecule has 1 atom stereocenters. The number of nitrogens with zero attached hydrogens (tertiary/aromatic N) is 4. The number of carbonyl (C=O) groups is 1. The van der Waals surface area contributed by atoms with Crippen molar-refractivity contribution in [1.82, 2.24) is 20.1 Å². The van der Waals surface area contributed by atoms with Crippen molar-refractivity contribution in [2.24, 2.45) is 11.7 Å². The number of hydrogen-bond acceptors (Lipinski definition) is 8. The normalized spacial score (nSPS) is 12.1. The maximum absolute atomic E-state index is 14.3. The molecule has 1 unspecified atom stereocenters. The molecule has 0 aliphatic carbocycles. The van der Waals surface area contributed by atoms with Crippen molar-refractivity contribution in [3.05, 3.63) is 53.4 Å². The first-order valence-corrected chi connectivity index (χ1v) is 12.5. The van der Waals surface area contributed by atoms with Crippen molar-refractivity contribution in [1.29, 1.82) is 0 Å². The van der Waals surface area contributed by atoms with E-state index < -0.39 is 5.82 Å². The number of hydrogen-bond donors (Lipinski definition) is 4. The Morgan fingerprint density at radius 3 is 2.67 bits per heavy atom. The highest BCUT2D eigenvalue weighted by atomic mass is 35.5. The lowest BCUT2D eigenvalue weighted by atomic mass is 10.1. The average molecular weight is 532 g/mol. The molecule has 0 aliphatic heterocycles. The number of nitrogens with two attached hydrogens (primary N) is 1. The summed E-state index contributed by atoms with van der Waals surface area (Å²) >= 11 is 10.4. The van der Waals surface area contributed by atoms with Crippen LogP contribution in [0.15, 0.2) is 47.6 Å². The van der Waals surface area contributed by atoms with Crippen molar-refractivity contribution in [3.8, 4) is 11.3 Å². The van der Waals surface area contributed by atoms with Crippen LogP contribution in [0.25, 0.3) is 11.3 Å². The van der Waals surface area contributed by atoms with Gasteiger partial charge < -0.3 is 21.3 Å². The van der Waals surface area contributed by atoms with E-state index in [1.807, 2.05) is 6.92 Å². The third-order valence-electron chi connectivity index (χ3n) is 5.11. The number of anilines is 3. The predicted octanol–water partition coefficient (Wildman–Crippen LogP) is 5.00. The lowest BCUT2D eigenvalue weighted by Gasteiger charge is -2.25. The molecule has 4 N–H and O–H groups in total. The maximum atomic E-state index is 14.3. The molecule has 36 heavy (non-hydrogen) atoms. The van der Waals surface area contributed by atoms with Gasteiger partial charge in [-0.3, -0.25) is 4.79 Å². The molecule has 0 radical (unpaired) electrons. The Morgan fingerprint density at radius 2 is 1.94 bits per heavy atom. The second-order valence-corrected chi connectivity index (χ2v) is 9.93. The van der Waals surface area contributed by atoms with Gasteiger partial charge in [-0.05, 0) is 43.2 Å². The molecule has 2 heterocycles. The first-order valence-electron chi connectivity index (χ1n) is 11.6. The van der Waals surface area contributed by atoms with Gasteiger partial charge in [0.25, 0.3) is 0 Å². The van der Waals surface area contributed by atoms with E-state index in [9.17, 15) is 9.18 Å². The third kappa shape index (κ3) is 8.41. The van der Waals surface area contributed by atoms with E-state index >= 15 is 0 Å². The smallest absolute Gasteiger partial charge is 0.226 e. The summed E-state index contributed by atoms with van der Waals surface area (Å²) in [4.78, 5) is 19.0. The fourth-order valence-electron chi connectivity index (χ4n) is 3.68. The highest BCUT2D eigenvalue weighted by Crippen LogP contribution is 2.30. The van der Waals surface area contributed by atoms with Gasteiger partial charge in [0.05, 0.1) is 11.4 Å². The summed E-state index contributed by atoms with van der Waals surface area (Å²) in [6.45, 7) is 8.45. The second kappa shape index (κ2) is 13.0. The number of rotatable bonds is 11. The van der Waals surface area contributed by atoms with Gasteiger partial charge in [0.15, 0.2) is 0 Å². The van der Waals surface area contributed by atoms with E-state index in [2.05, 4.69) is 57.2 Å². The number of halogens is 2. The Morgan fingerprint density at radius 1 is 1.17 bits per heavy atom. The maximum Gasteiger partial charge on any atom is 0.226 e. The zero-order chi connectivity index (χ0) is 26.2. The van der Waals surface area contributed by atoms with Gasteiger partial charge in [-0.2, -0.15) is 0 Å². The van der Waals surface area contributed by atoms with E-state index in [0.717, 1.165) is 13.1 Å². The Bertz CT molecular complexity index is 1180. The number of carbonyl (C=O) groups excluding carboxylic acids is 1. The highest BCUT2D eigenvalue weighted by Gasteiger charge is 2.14. The molecule has 11 heteroatoms. The molecule has 0 aliphatic rings. The summed E-state index contributed by atoms with van der Waals surface area (Å²) in [5, 5.41) is 14.8. The van der Waals surface area contributed by atoms with E-state index in [4.69, 9.17) is 17.3 Å². The van der Waals surface area contributed by atoms with Gasteiger partial charge in [-0.1, -0.05) is 25.4 Å². The number of aromatic nitrogens is 3. The summed E-state index contributed by atoms with van der Waals surface area (Å²) in [5.41, 5.74) is 7.62. The third-order valence-corrected chi connectivity index (χ3v) is 5.68. The Kier molecular flexibility index (Phi) is 10.0. The largest absolute Gasteiger partial charge is 0.353 e. The van der Waals surface area contributed by atoms with Gasteiger partial charge in [0.2, 0.25) is 5.91 Å². The fraction of sp³-hybridized carbons (Fsp3) is 0.360. The van der Waals surface area contributed by atoms with Crippen molar-refractivity contribution < 1.29 is 9.18 Å². The van der Waals surface area contributed by atoms with Crippen LogP contribution in [0, 0.1) is 11.7 Å². The SMILES string of the molecule is CC(C)CN(CCC(=O)Nc1cc(Nc2cc(-c3cc(Cl)ccc3F)nnc2S)ccn1)CC(C)N. The van der Waals surface area contributed by atoms with Crippen molar-refractivity contribution in [3.63, 3.8) is 0 Å². The molecule has 3 aromatic rings. The molecule has 0 fully saturated rings. The van der Waals surface area contributed by atoms with Gasteiger partial charge in [-0.15, -0.1) is 22.8 Å². The molecule has 1 aromatic carbocycles. The summed E-state index contributed by atoms with van der Waals surface area (Å²) in [6.07, 6.45) is 1.89. The predicted molar refractivity (Wildman–Crippen MR) is 145 cm³/mol. The van der Waals surface area contributed by atoms with Crippen LogP contribution in [0.3, 0.4) is 0 Å². The van der Waals surface area contributed by atoms with Crippen LogP contribution < -0.4 is 16.4 Å². The number of nitrogens with one attached hydrogen (secondary N) is 2. The topological polar surface area (TPSA) is 109 Å². The van der Waals surface area contributed by atoms with E-state index in [-0.39, 0.29) is 17.5 Å². The molecule has 192 valence electrons. The zero-order valence-electron chi connectivity index (χ0n) is 20.5. The second-order valence-electron chi connectivity index (χ2n) is 9.07. The quantitative estimate of drug-likeness (QED) is 0.258. The minimum absolute atomic E-state index is 0.0338. The molecular weight excluding hydrogens is 501 g/mol. The van der Waals surface area contributed by atoms with Gasteiger partial charge in [0, 0.05) is 60.6 Å². The van der Waals surface area contributed by atoms with Crippen molar-refractivity contribution in [2.75, 3.05) is 30.3 Å². The molecule has 8 nitrogen and oxygen atoms in total. The van der Waals surface area contributed by atoms with E-state index in [0.29, 0.717) is 51.8 Å². The Hall–Kier alpha value is -2.79. The van der Waals surface area contributed by atoms with Crippen molar-refractivity contribution >= 4 is 47.3 Å². The molecular formula is C25H31ClFN7OS. The molecule has 0 saturated heterocycles. The fourth-order valence-corrected chi connectivity index (χ4v) is 4.02. The zero-order valence-corrected chi connectivity index (χ0v) is 22.2. The molecule has 0 spiro atoms.